The minimum absolute atomic E-state index is 0. The van der Waals surface area contributed by atoms with Gasteiger partial charge in [0, 0.05) is 42.5 Å². The zero-order chi connectivity index (χ0) is 36.9. The monoisotopic (exact) mass is 808 g/mol. The number of hydrogen-bond acceptors (Lipinski definition) is 9. The van der Waals surface area contributed by atoms with Crippen LogP contribution in [-0.4, -0.2) is 45.1 Å². The fourth-order valence-corrected chi connectivity index (χ4v) is 6.97. The Kier molecular flexibility index (Phi) is 16.5. The molecule has 0 amide bonds. The Hall–Kier alpha value is -2.89. The quantitative estimate of drug-likeness (QED) is 0.0539. The molecule has 0 saturated heterocycles. The van der Waals surface area contributed by atoms with Gasteiger partial charge in [-0.25, -0.2) is 0 Å². The average molecular weight is 809 g/mol. The van der Waals surface area contributed by atoms with Crippen LogP contribution in [0, 0.1) is 5.41 Å². The SMILES string of the molecule is CC(=O)PC(C)(C)C(=O)Oc1ccc(C(C)(c2ccc(OC(=O)C(C)(C)PC(C)=O)cc2)c2ccc(OC(=O)C(C)(C)C(C)=O)cc2)cc1.[V].[V]. The second kappa shape index (κ2) is 18.2. The van der Waals surface area contributed by atoms with Crippen LogP contribution in [0.25, 0.3) is 0 Å². The third-order valence-electron chi connectivity index (χ3n) is 8.31. The minimum atomic E-state index is -1.30. The summed E-state index contributed by atoms with van der Waals surface area (Å²) in [6.45, 7) is 16.0. The van der Waals surface area contributed by atoms with Crippen molar-refractivity contribution in [1.82, 2.24) is 0 Å². The summed E-state index contributed by atoms with van der Waals surface area (Å²) in [6.07, 6.45) is 0. The Labute approximate surface area is 327 Å². The molecule has 2 atom stereocenters. The van der Waals surface area contributed by atoms with Crippen LogP contribution in [0.15, 0.2) is 72.8 Å². The Morgan fingerprint density at radius 1 is 0.451 bits per heavy atom. The number of ketones is 1. The van der Waals surface area contributed by atoms with Crippen molar-refractivity contribution in [3.05, 3.63) is 89.5 Å². The van der Waals surface area contributed by atoms with Crippen molar-refractivity contribution < 1.29 is 80.1 Å². The van der Waals surface area contributed by atoms with Crippen molar-refractivity contribution in [3.8, 4) is 17.2 Å². The Bertz CT molecular complexity index is 1660. The molecule has 270 valence electrons. The average Bonchev–Trinajstić information content (AvgIpc) is 3.00. The van der Waals surface area contributed by atoms with Gasteiger partial charge in [-0.3, -0.25) is 28.8 Å². The summed E-state index contributed by atoms with van der Waals surface area (Å²) in [7, 11) is -0.449. The molecule has 3 aromatic rings. The van der Waals surface area contributed by atoms with Crippen LogP contribution in [-0.2, 0) is 71.3 Å². The number of Topliss-reactive ketones (excluding diaryl/α,β-unsaturated/α-hetero) is 1. The van der Waals surface area contributed by atoms with Crippen LogP contribution < -0.4 is 14.2 Å². The number of carbonyl (C=O) groups excluding carboxylic acids is 6. The summed E-state index contributed by atoms with van der Waals surface area (Å²) in [6, 6.07) is 21.1. The van der Waals surface area contributed by atoms with Gasteiger partial charge in [0.2, 0.25) is 0 Å². The number of hydrogen-bond donors (Lipinski definition) is 0. The number of rotatable bonds is 14. The van der Waals surface area contributed by atoms with E-state index in [0.717, 1.165) is 16.7 Å². The van der Waals surface area contributed by atoms with E-state index in [1.165, 1.54) is 34.6 Å². The van der Waals surface area contributed by atoms with Gasteiger partial charge < -0.3 is 14.2 Å². The van der Waals surface area contributed by atoms with Crippen molar-refractivity contribution in [2.75, 3.05) is 0 Å². The van der Waals surface area contributed by atoms with Gasteiger partial charge in [-0.1, -0.05) is 36.4 Å². The van der Waals surface area contributed by atoms with E-state index in [9.17, 15) is 28.8 Å². The van der Waals surface area contributed by atoms with E-state index in [4.69, 9.17) is 14.2 Å². The van der Waals surface area contributed by atoms with Crippen LogP contribution in [0.2, 0.25) is 0 Å². The maximum Gasteiger partial charge on any atom is 0.324 e. The molecule has 0 heterocycles. The summed E-state index contributed by atoms with van der Waals surface area (Å²) < 4.78 is 16.8. The van der Waals surface area contributed by atoms with Crippen LogP contribution in [0.4, 0.5) is 0 Å². The van der Waals surface area contributed by atoms with E-state index < -0.39 is 39.1 Å². The topological polar surface area (TPSA) is 130 Å². The predicted molar refractivity (Wildman–Crippen MR) is 192 cm³/mol. The number of carbonyl (C=O) groups is 6. The van der Waals surface area contributed by atoms with Crippen LogP contribution in [0.3, 0.4) is 0 Å². The number of esters is 3. The van der Waals surface area contributed by atoms with Crippen LogP contribution >= 0.6 is 17.2 Å². The van der Waals surface area contributed by atoms with Crippen LogP contribution in [0.1, 0.15) is 85.9 Å². The standard InChI is InChI=1S/C38H44O9P2.2V/c1-23(39)35(4,5)32(42)45-29-17-11-26(12-18-29)38(10,27-13-19-30(20-14-27)46-33(43)36(6,7)48-24(2)40)28-15-21-31(22-16-28)47-34(44)37(8,9)49-25(3)41;;/h11-22,48-49H,1-10H3;;. The summed E-state index contributed by atoms with van der Waals surface area (Å²) >= 11 is 0. The summed E-state index contributed by atoms with van der Waals surface area (Å²) in [5, 5.41) is -1.92. The Morgan fingerprint density at radius 3 is 0.941 bits per heavy atom. The zero-order valence-electron chi connectivity index (χ0n) is 30.5. The summed E-state index contributed by atoms with van der Waals surface area (Å²) in [5.74, 6) is -1.07. The molecule has 0 aromatic heterocycles. The third-order valence-corrected chi connectivity index (χ3v) is 10.7. The van der Waals surface area contributed by atoms with Crippen molar-refractivity contribution >= 4 is 51.9 Å². The molecule has 0 aliphatic carbocycles. The molecular formula is C38H44O9P2V2. The fraction of sp³-hybridized carbons (Fsp3) is 0.368. The molecule has 0 saturated carbocycles. The van der Waals surface area contributed by atoms with Gasteiger partial charge in [0.25, 0.3) is 0 Å². The van der Waals surface area contributed by atoms with Crippen molar-refractivity contribution in [2.24, 2.45) is 5.41 Å². The number of ether oxygens (including phenoxy) is 3. The molecule has 9 nitrogen and oxygen atoms in total. The first-order valence-electron chi connectivity index (χ1n) is 15.7. The van der Waals surface area contributed by atoms with Gasteiger partial charge in [0.05, 0.1) is 10.3 Å². The molecule has 0 spiro atoms. The van der Waals surface area contributed by atoms with Crippen LogP contribution in [0.5, 0.6) is 17.2 Å². The van der Waals surface area contributed by atoms with E-state index >= 15 is 0 Å². The zero-order valence-corrected chi connectivity index (χ0v) is 35.3. The Balaban J connectivity index is 0.00000650. The maximum atomic E-state index is 12.9. The largest absolute Gasteiger partial charge is 0.426 e. The molecule has 0 fully saturated rings. The van der Waals surface area contributed by atoms with E-state index in [0.29, 0.717) is 11.5 Å². The minimum Gasteiger partial charge on any atom is -0.426 e. The molecule has 3 aromatic carbocycles. The molecule has 0 bridgehead atoms. The second-order valence-electron chi connectivity index (χ2n) is 13.7. The Morgan fingerprint density at radius 2 is 0.706 bits per heavy atom. The third kappa shape index (κ3) is 11.5. The normalized spacial score (nSPS) is 13.1. The summed E-state index contributed by atoms with van der Waals surface area (Å²) in [4.78, 5) is 73.7. The fourth-order valence-electron chi connectivity index (χ4n) is 4.90. The van der Waals surface area contributed by atoms with E-state index in [-0.39, 0.29) is 76.9 Å². The van der Waals surface area contributed by atoms with E-state index in [1.807, 2.05) is 43.3 Å². The maximum absolute atomic E-state index is 12.9. The molecular weight excluding hydrogens is 764 g/mol. The first-order chi connectivity index (χ1) is 22.6. The smallest absolute Gasteiger partial charge is 0.324 e. The van der Waals surface area contributed by atoms with Crippen molar-refractivity contribution in [2.45, 2.75) is 85.0 Å². The van der Waals surface area contributed by atoms with E-state index in [2.05, 4.69) is 0 Å². The molecule has 3 rings (SSSR count). The summed E-state index contributed by atoms with van der Waals surface area (Å²) in [5.41, 5.74) is 0.195. The van der Waals surface area contributed by atoms with E-state index in [1.54, 1.807) is 64.1 Å². The van der Waals surface area contributed by atoms with Gasteiger partial charge in [0.15, 0.2) is 0 Å². The molecule has 0 N–H and O–H groups in total. The van der Waals surface area contributed by atoms with Crippen molar-refractivity contribution in [3.63, 3.8) is 0 Å². The van der Waals surface area contributed by atoms with Gasteiger partial charge >= 0.3 is 17.9 Å². The van der Waals surface area contributed by atoms with Gasteiger partial charge in [-0.15, -0.1) is 0 Å². The first-order valence-corrected chi connectivity index (χ1v) is 17.7. The molecule has 0 aliphatic rings. The van der Waals surface area contributed by atoms with Gasteiger partial charge in [0.1, 0.15) is 39.5 Å². The molecule has 2 unspecified atom stereocenters. The first kappa shape index (κ1) is 46.1. The molecule has 13 heteroatoms. The molecule has 2 radical (unpaired) electrons. The van der Waals surface area contributed by atoms with Gasteiger partial charge in [-0.05, 0) is 139 Å². The molecule has 51 heavy (non-hydrogen) atoms. The second-order valence-corrected chi connectivity index (χ2v) is 18.1. The van der Waals surface area contributed by atoms with Gasteiger partial charge in [-0.2, -0.15) is 0 Å². The number of benzene rings is 3. The predicted octanol–water partition coefficient (Wildman–Crippen LogP) is 7.37. The molecule has 0 aliphatic heterocycles. The van der Waals surface area contributed by atoms with Crippen molar-refractivity contribution in [1.29, 1.82) is 0 Å².